The Hall–Kier alpha value is -2.00. The quantitative estimate of drug-likeness (QED) is 0.397. The fourth-order valence-electron chi connectivity index (χ4n) is 8.86. The Morgan fingerprint density at radius 2 is 1.61 bits per heavy atom. The molecule has 0 bridgehead atoms. The summed E-state index contributed by atoms with van der Waals surface area (Å²) in [5, 5.41) is 1.38. The van der Waals surface area contributed by atoms with E-state index in [1.165, 1.54) is 60.7 Å². The van der Waals surface area contributed by atoms with Crippen LogP contribution in [0.4, 0.5) is 0 Å². The Bertz CT molecular complexity index is 1160. The van der Waals surface area contributed by atoms with E-state index in [1.54, 1.807) is 0 Å². The number of nitrogens with zero attached hydrogens (tertiary/aromatic N) is 2. The van der Waals surface area contributed by atoms with Crippen LogP contribution in [0.15, 0.2) is 42.5 Å². The number of benzene rings is 1. The summed E-state index contributed by atoms with van der Waals surface area (Å²) in [5.41, 5.74) is 8.75. The van der Waals surface area contributed by atoms with Crippen molar-refractivity contribution in [1.82, 2.24) is 9.58 Å². The van der Waals surface area contributed by atoms with E-state index in [-0.39, 0.29) is 11.0 Å². The molecule has 2 aromatic rings. The molecule has 1 aliphatic heterocycles. The molecule has 0 spiro atoms. The second-order valence-electron chi connectivity index (χ2n) is 13.9. The number of likely N-dealkylation sites (tertiary alicyclic amines) is 1. The molecule has 3 aliphatic rings. The van der Waals surface area contributed by atoms with Gasteiger partial charge in [-0.25, -0.2) is 0 Å². The molecule has 0 amide bonds. The van der Waals surface area contributed by atoms with Crippen LogP contribution in [0.3, 0.4) is 0 Å². The van der Waals surface area contributed by atoms with Gasteiger partial charge in [0, 0.05) is 22.4 Å². The van der Waals surface area contributed by atoms with Gasteiger partial charge in [0.2, 0.25) is 0 Å². The maximum atomic E-state index is 4.30. The highest BCUT2D eigenvalue weighted by Crippen LogP contribution is 2.55. The third kappa shape index (κ3) is 4.47. The monoisotopic (exact) mass is 515 g/mol. The first kappa shape index (κ1) is 27.6. The molecule has 1 aromatic heterocycles. The fraction of sp³-hybridized carbons (Fsp3) is 0.657. The molecule has 2 heterocycles. The van der Waals surface area contributed by atoms with E-state index in [2.05, 4.69) is 119 Å². The minimum absolute atomic E-state index is 0.142. The predicted molar refractivity (Wildman–Crippen MR) is 165 cm³/mol. The normalized spacial score (nSPS) is 28.8. The van der Waals surface area contributed by atoms with Gasteiger partial charge < -0.3 is 5.43 Å². The molecule has 1 saturated carbocycles. The van der Waals surface area contributed by atoms with Crippen molar-refractivity contribution in [2.45, 2.75) is 118 Å². The molecule has 3 unspecified atom stereocenters. The van der Waals surface area contributed by atoms with Crippen LogP contribution in [0.1, 0.15) is 105 Å². The lowest BCUT2D eigenvalue weighted by atomic mass is 9.67. The standard InChI is InChI=1S/C35H53N3/c1-9-35(10-2)23-34(7,8)37(32-26(24(3)4)19-16-20-27(32)25(5)6)33(35)36-38-30-21-13-11-12-17-28(30)29-18-14-15-22-31(29)38/h11-15,18,21-22,24-27,32-33,36H,9-10,16-17,19-20,23H2,1-8H3. The zero-order valence-electron chi connectivity index (χ0n) is 25.4. The molecular weight excluding hydrogens is 462 g/mol. The Kier molecular flexibility index (Phi) is 7.63. The van der Waals surface area contributed by atoms with Gasteiger partial charge in [-0.15, -0.1) is 0 Å². The average molecular weight is 516 g/mol. The van der Waals surface area contributed by atoms with Crippen LogP contribution in [0.5, 0.6) is 0 Å². The topological polar surface area (TPSA) is 20.2 Å². The van der Waals surface area contributed by atoms with Gasteiger partial charge in [0.15, 0.2) is 0 Å². The van der Waals surface area contributed by atoms with Crippen molar-refractivity contribution in [2.75, 3.05) is 5.43 Å². The average Bonchev–Trinajstić information content (AvgIpc) is 3.15. The molecule has 38 heavy (non-hydrogen) atoms. The van der Waals surface area contributed by atoms with E-state index in [1.807, 2.05) is 0 Å². The Morgan fingerprint density at radius 1 is 0.947 bits per heavy atom. The zero-order chi connectivity index (χ0) is 27.2. The first-order chi connectivity index (χ1) is 18.1. The van der Waals surface area contributed by atoms with Crippen LogP contribution < -0.4 is 5.43 Å². The number of hydrogen-bond donors (Lipinski definition) is 1. The van der Waals surface area contributed by atoms with Crippen LogP contribution >= 0.6 is 0 Å². The number of aromatic nitrogens is 1. The van der Waals surface area contributed by atoms with Crippen LogP contribution in [0, 0.1) is 29.1 Å². The number of allylic oxidation sites excluding steroid dienone is 3. The molecule has 5 rings (SSSR count). The van der Waals surface area contributed by atoms with Crippen molar-refractivity contribution in [3.63, 3.8) is 0 Å². The van der Waals surface area contributed by atoms with Gasteiger partial charge in [-0.05, 0) is 93.7 Å². The molecule has 2 fully saturated rings. The number of nitrogens with one attached hydrogen (secondary N) is 1. The molecule has 2 aliphatic carbocycles. The highest BCUT2D eigenvalue weighted by Gasteiger charge is 2.59. The Morgan fingerprint density at radius 3 is 2.24 bits per heavy atom. The van der Waals surface area contributed by atoms with E-state index < -0.39 is 0 Å². The second kappa shape index (κ2) is 10.5. The third-order valence-corrected chi connectivity index (χ3v) is 10.8. The first-order valence-corrected chi connectivity index (χ1v) is 15.7. The first-order valence-electron chi connectivity index (χ1n) is 15.7. The van der Waals surface area contributed by atoms with E-state index >= 15 is 0 Å². The highest BCUT2D eigenvalue weighted by atomic mass is 15.5. The number of fused-ring (bicyclic) bond motifs is 3. The Balaban J connectivity index is 1.69. The van der Waals surface area contributed by atoms with Gasteiger partial charge in [0.1, 0.15) is 6.17 Å². The molecular formula is C35H53N3. The molecule has 3 atom stereocenters. The lowest BCUT2D eigenvalue weighted by Gasteiger charge is -2.53. The summed E-state index contributed by atoms with van der Waals surface area (Å²) in [6, 6.07) is 9.63. The predicted octanol–water partition coefficient (Wildman–Crippen LogP) is 9.02. The van der Waals surface area contributed by atoms with Crippen LogP contribution in [0.25, 0.3) is 17.0 Å². The Labute approximate surface area is 232 Å². The highest BCUT2D eigenvalue weighted by molar-refractivity contribution is 5.89. The summed E-state index contributed by atoms with van der Waals surface area (Å²) in [5.74, 6) is 2.89. The molecule has 1 N–H and O–H groups in total. The molecule has 208 valence electrons. The van der Waals surface area contributed by atoms with E-state index in [0.717, 1.165) is 18.3 Å². The van der Waals surface area contributed by atoms with Gasteiger partial charge >= 0.3 is 0 Å². The SMILES string of the molecule is CCC1(CC)CC(C)(C)N(C2C(C(C)C)CCCC2C(C)C)C1Nn1c2c(c3ccccc31)CC=CC=C2. The molecule has 3 nitrogen and oxygen atoms in total. The smallest absolute Gasteiger partial charge is 0.101 e. The van der Waals surface area contributed by atoms with Crippen molar-refractivity contribution in [2.24, 2.45) is 29.1 Å². The van der Waals surface area contributed by atoms with Crippen molar-refractivity contribution in [1.29, 1.82) is 0 Å². The van der Waals surface area contributed by atoms with E-state index in [9.17, 15) is 0 Å². The molecule has 1 saturated heterocycles. The lowest BCUT2D eigenvalue weighted by molar-refractivity contribution is -0.0443. The van der Waals surface area contributed by atoms with Gasteiger partial charge in [0.25, 0.3) is 0 Å². The third-order valence-electron chi connectivity index (χ3n) is 10.8. The van der Waals surface area contributed by atoms with Crippen LogP contribution in [0.2, 0.25) is 0 Å². The summed E-state index contributed by atoms with van der Waals surface area (Å²) in [7, 11) is 0. The van der Waals surface area contributed by atoms with Gasteiger partial charge in [-0.1, -0.05) is 84.4 Å². The minimum Gasteiger partial charge on any atom is -0.307 e. The van der Waals surface area contributed by atoms with Gasteiger partial charge in [0.05, 0.1) is 11.2 Å². The van der Waals surface area contributed by atoms with Crippen molar-refractivity contribution in [3.8, 4) is 0 Å². The number of hydrogen-bond acceptors (Lipinski definition) is 2. The van der Waals surface area contributed by atoms with E-state index in [0.29, 0.717) is 24.0 Å². The van der Waals surface area contributed by atoms with Crippen molar-refractivity contribution in [3.05, 3.63) is 53.8 Å². The summed E-state index contributed by atoms with van der Waals surface area (Å²) in [4.78, 5) is 3.04. The van der Waals surface area contributed by atoms with Crippen molar-refractivity contribution >= 4 is 17.0 Å². The van der Waals surface area contributed by atoms with E-state index in [4.69, 9.17) is 0 Å². The molecule has 1 aromatic carbocycles. The maximum absolute atomic E-state index is 4.30. The summed E-state index contributed by atoms with van der Waals surface area (Å²) in [6.45, 7) is 19.9. The van der Waals surface area contributed by atoms with Gasteiger partial charge in [-0.3, -0.25) is 9.58 Å². The molecule has 0 radical (unpaired) electrons. The zero-order valence-corrected chi connectivity index (χ0v) is 25.4. The largest absolute Gasteiger partial charge is 0.307 e. The maximum Gasteiger partial charge on any atom is 0.101 e. The summed E-state index contributed by atoms with van der Waals surface area (Å²) in [6.07, 6.45) is 18.1. The fourth-order valence-corrected chi connectivity index (χ4v) is 8.86. The number of para-hydroxylation sites is 1. The second-order valence-corrected chi connectivity index (χ2v) is 13.9. The van der Waals surface area contributed by atoms with Gasteiger partial charge in [-0.2, -0.15) is 0 Å². The van der Waals surface area contributed by atoms with Crippen molar-refractivity contribution < 1.29 is 0 Å². The minimum atomic E-state index is 0.142. The summed E-state index contributed by atoms with van der Waals surface area (Å²) < 4.78 is 2.48. The summed E-state index contributed by atoms with van der Waals surface area (Å²) >= 11 is 0. The van der Waals surface area contributed by atoms with Crippen LogP contribution in [-0.2, 0) is 6.42 Å². The lowest BCUT2D eigenvalue weighted by Crippen LogP contribution is -2.62. The number of rotatable bonds is 7. The van der Waals surface area contributed by atoms with Crippen LogP contribution in [-0.4, -0.2) is 27.3 Å². The molecule has 3 heteroatoms.